The first-order valence-corrected chi connectivity index (χ1v) is 8.52. The minimum Gasteiger partial charge on any atom is -0.508 e. The van der Waals surface area contributed by atoms with Gasteiger partial charge >= 0.3 is 0 Å². The zero-order valence-corrected chi connectivity index (χ0v) is 15.4. The molecule has 0 bridgehead atoms. The molecule has 2 unspecified atom stereocenters. The normalized spacial score (nSPS) is 18.5. The Morgan fingerprint density at radius 3 is 2.74 bits per heavy atom. The van der Waals surface area contributed by atoms with Crippen molar-refractivity contribution in [1.82, 2.24) is 10.6 Å². The van der Waals surface area contributed by atoms with Gasteiger partial charge in [-0.05, 0) is 24.3 Å². The number of amidine groups is 1. The van der Waals surface area contributed by atoms with Crippen molar-refractivity contribution in [3.05, 3.63) is 52.6 Å². The summed E-state index contributed by atoms with van der Waals surface area (Å²) in [7, 11) is 1.50. The lowest BCUT2D eigenvalue weighted by Crippen LogP contribution is -2.38. The molecule has 0 saturated heterocycles. The first kappa shape index (κ1) is 20.5. The number of carbonyl (C=O) groups is 2. The Bertz CT molecular complexity index is 786. The fraction of sp³-hybridized carbons (Fsp3) is 0.278. The van der Waals surface area contributed by atoms with Gasteiger partial charge in [0.05, 0.1) is 6.10 Å². The highest BCUT2D eigenvalue weighted by atomic mass is 35.5. The molecule has 27 heavy (non-hydrogen) atoms. The molecule has 0 aliphatic heterocycles. The van der Waals surface area contributed by atoms with Crippen LogP contribution >= 0.6 is 11.6 Å². The van der Waals surface area contributed by atoms with Gasteiger partial charge in [-0.15, -0.1) is 0 Å². The van der Waals surface area contributed by atoms with Gasteiger partial charge in [-0.2, -0.15) is 0 Å². The summed E-state index contributed by atoms with van der Waals surface area (Å²) in [6.45, 7) is 0.0476. The maximum Gasteiger partial charge on any atom is 0.251 e. The number of hydrogen-bond acceptors (Lipinski definition) is 5. The van der Waals surface area contributed by atoms with E-state index in [1.54, 1.807) is 18.2 Å². The van der Waals surface area contributed by atoms with Crippen molar-refractivity contribution in [3.63, 3.8) is 0 Å². The molecule has 9 heteroatoms. The lowest BCUT2D eigenvalue weighted by atomic mass is 9.93. The van der Waals surface area contributed by atoms with E-state index in [0.717, 1.165) is 0 Å². The number of rotatable bonds is 7. The predicted octanol–water partition coefficient (Wildman–Crippen LogP) is 0.955. The van der Waals surface area contributed by atoms with Crippen LogP contribution in [0.3, 0.4) is 0 Å². The Morgan fingerprint density at radius 2 is 2.11 bits per heavy atom. The molecular weight excluding hydrogens is 372 g/mol. The highest BCUT2D eigenvalue weighted by Crippen LogP contribution is 2.21. The van der Waals surface area contributed by atoms with Crippen LogP contribution in [0.4, 0.5) is 0 Å². The van der Waals surface area contributed by atoms with Crippen LogP contribution in [0.5, 0.6) is 5.75 Å². The van der Waals surface area contributed by atoms with E-state index in [1.807, 2.05) is 0 Å². The Labute approximate surface area is 161 Å². The molecule has 1 aliphatic carbocycles. The third-order valence-corrected chi connectivity index (χ3v) is 4.15. The van der Waals surface area contributed by atoms with Crippen LogP contribution in [0.25, 0.3) is 0 Å². The monoisotopic (exact) mass is 392 g/mol. The lowest BCUT2D eigenvalue weighted by Gasteiger charge is -2.26. The van der Waals surface area contributed by atoms with E-state index in [9.17, 15) is 14.7 Å². The van der Waals surface area contributed by atoms with Crippen molar-refractivity contribution in [1.29, 1.82) is 5.41 Å². The third-order valence-electron chi connectivity index (χ3n) is 3.93. The average molecular weight is 393 g/mol. The van der Waals surface area contributed by atoms with Crippen LogP contribution in [0, 0.1) is 11.3 Å². The minimum absolute atomic E-state index is 0.106. The molecule has 0 heterocycles. The molecule has 2 rings (SSSR count). The number of carbonyl (C=O) groups excluding carboxylic acids is 2. The topological polar surface area (TPSA) is 138 Å². The summed E-state index contributed by atoms with van der Waals surface area (Å²) in [6.07, 6.45) is 4.54. The molecule has 2 amide bonds. The Morgan fingerprint density at radius 1 is 1.37 bits per heavy atom. The van der Waals surface area contributed by atoms with E-state index < -0.39 is 12.0 Å². The first-order chi connectivity index (χ1) is 12.8. The largest absolute Gasteiger partial charge is 0.508 e. The van der Waals surface area contributed by atoms with Crippen molar-refractivity contribution in [2.24, 2.45) is 11.7 Å². The van der Waals surface area contributed by atoms with Crippen molar-refractivity contribution in [2.75, 3.05) is 20.2 Å². The lowest BCUT2D eigenvalue weighted by molar-refractivity contribution is -0.126. The second-order valence-corrected chi connectivity index (χ2v) is 6.35. The number of ether oxygens (including phenoxy) is 1. The highest BCUT2D eigenvalue weighted by molar-refractivity contribution is 6.31. The smallest absolute Gasteiger partial charge is 0.251 e. The summed E-state index contributed by atoms with van der Waals surface area (Å²) in [5, 5.41) is 22.5. The number of hydrogen-bond donors (Lipinski definition) is 5. The van der Waals surface area contributed by atoms with E-state index in [0.29, 0.717) is 5.57 Å². The minimum atomic E-state index is -0.542. The second-order valence-electron chi connectivity index (χ2n) is 5.92. The van der Waals surface area contributed by atoms with Gasteiger partial charge in [0.2, 0.25) is 5.91 Å². The fourth-order valence-corrected chi connectivity index (χ4v) is 2.72. The molecule has 8 nitrogen and oxygen atoms in total. The Hall–Kier alpha value is -2.84. The van der Waals surface area contributed by atoms with Gasteiger partial charge in [0.15, 0.2) is 0 Å². The van der Waals surface area contributed by atoms with E-state index in [1.165, 1.54) is 25.2 Å². The number of likely N-dealkylation sites (N-methyl/N-ethyl adjacent to an activating group) is 1. The number of benzene rings is 1. The van der Waals surface area contributed by atoms with Gasteiger partial charge in [-0.1, -0.05) is 23.8 Å². The molecular formula is C18H21ClN4O4. The molecule has 6 N–H and O–H groups in total. The zero-order valence-electron chi connectivity index (χ0n) is 14.7. The van der Waals surface area contributed by atoms with Crippen LogP contribution in [-0.2, 0) is 9.53 Å². The Balaban J connectivity index is 2.05. The fourth-order valence-electron chi connectivity index (χ4n) is 2.49. The average Bonchev–Trinajstić information content (AvgIpc) is 2.63. The number of phenols is 1. The van der Waals surface area contributed by atoms with Gasteiger partial charge in [-0.25, -0.2) is 0 Å². The number of nitrogens with two attached hydrogens (primary N) is 1. The van der Waals surface area contributed by atoms with Gasteiger partial charge < -0.3 is 26.2 Å². The summed E-state index contributed by atoms with van der Waals surface area (Å²) >= 11 is 5.85. The number of nitrogens with one attached hydrogen (secondary N) is 3. The van der Waals surface area contributed by atoms with E-state index in [2.05, 4.69) is 10.6 Å². The summed E-state index contributed by atoms with van der Waals surface area (Å²) in [4.78, 5) is 23.7. The summed E-state index contributed by atoms with van der Waals surface area (Å²) in [5.41, 5.74) is 6.22. The maximum atomic E-state index is 12.3. The number of amides is 2. The van der Waals surface area contributed by atoms with Crippen molar-refractivity contribution in [3.8, 4) is 5.75 Å². The molecule has 0 aromatic heterocycles. The molecule has 144 valence electrons. The van der Waals surface area contributed by atoms with Crippen LogP contribution < -0.4 is 16.4 Å². The number of aromatic hydroxyl groups is 1. The zero-order chi connectivity index (χ0) is 20.0. The summed E-state index contributed by atoms with van der Waals surface area (Å²) in [5.74, 6) is -1.19. The molecule has 0 fully saturated rings. The van der Waals surface area contributed by atoms with Crippen LogP contribution in [0.15, 0.2) is 42.0 Å². The number of phenolic OH excluding ortho intramolecular Hbond substituents is 1. The molecule has 0 spiro atoms. The standard InChI is InChI=1S/C18H21ClN4O4/c1-22-16(25)9-27-15-6-10(17(20)21)2-3-11(15)8-23-18(26)12-4-13(19)7-14(24)5-12/h2-7,11,15,24H,8-9H2,1H3,(H3,20,21)(H,22,25)(H,23,26). The van der Waals surface area contributed by atoms with Gasteiger partial charge in [0.1, 0.15) is 18.2 Å². The van der Waals surface area contributed by atoms with Crippen molar-refractivity contribution < 1.29 is 19.4 Å². The van der Waals surface area contributed by atoms with Gasteiger partial charge in [0.25, 0.3) is 5.91 Å². The quantitative estimate of drug-likeness (QED) is 0.347. The van der Waals surface area contributed by atoms with Gasteiger partial charge in [0, 0.05) is 35.7 Å². The van der Waals surface area contributed by atoms with E-state index in [-0.39, 0.29) is 47.1 Å². The molecule has 0 saturated carbocycles. The predicted molar refractivity (Wildman–Crippen MR) is 102 cm³/mol. The SMILES string of the molecule is CNC(=O)COC1C=C(C(=N)N)C=CC1CNC(=O)c1cc(O)cc(Cl)c1. The molecule has 0 radical (unpaired) electrons. The second kappa shape index (κ2) is 9.20. The van der Waals surface area contributed by atoms with Crippen LogP contribution in [-0.4, -0.2) is 49.1 Å². The maximum absolute atomic E-state index is 12.3. The van der Waals surface area contributed by atoms with Gasteiger partial charge in [-0.3, -0.25) is 15.0 Å². The molecule has 2 atom stereocenters. The molecule has 1 aliphatic rings. The van der Waals surface area contributed by atoms with E-state index >= 15 is 0 Å². The van der Waals surface area contributed by atoms with Crippen LogP contribution in [0.1, 0.15) is 10.4 Å². The summed E-state index contributed by atoms with van der Waals surface area (Å²) in [6, 6.07) is 4.09. The molecule has 1 aromatic carbocycles. The third kappa shape index (κ3) is 5.83. The van der Waals surface area contributed by atoms with Crippen molar-refractivity contribution in [2.45, 2.75) is 6.10 Å². The van der Waals surface area contributed by atoms with Crippen molar-refractivity contribution >= 4 is 29.3 Å². The van der Waals surface area contributed by atoms with E-state index in [4.69, 9.17) is 27.5 Å². The first-order valence-electron chi connectivity index (χ1n) is 8.14. The number of halogens is 1. The highest BCUT2D eigenvalue weighted by Gasteiger charge is 2.24. The van der Waals surface area contributed by atoms with Crippen LogP contribution in [0.2, 0.25) is 5.02 Å². The summed E-state index contributed by atoms with van der Waals surface area (Å²) < 4.78 is 5.60. The molecule has 1 aromatic rings. The Kier molecular flexibility index (Phi) is 6.98.